The number of anilines is 2. The van der Waals surface area contributed by atoms with Crippen LogP contribution in [0.5, 0.6) is 6.01 Å². The van der Waals surface area contributed by atoms with Crippen LogP contribution in [-0.4, -0.2) is 140 Å². The minimum absolute atomic E-state index is 0.00308. The van der Waals surface area contributed by atoms with Gasteiger partial charge in [-0.25, -0.2) is 4.79 Å². The van der Waals surface area contributed by atoms with E-state index in [1.165, 1.54) is 15.7 Å². The average molecular weight is 690 g/mol. The molecule has 3 aliphatic heterocycles. The van der Waals surface area contributed by atoms with Crippen LogP contribution in [0.3, 0.4) is 0 Å². The van der Waals surface area contributed by atoms with Crippen LogP contribution < -0.4 is 14.5 Å². The molecule has 1 amide bonds. The largest absolute Gasteiger partial charge is 0.465 e. The summed E-state index contributed by atoms with van der Waals surface area (Å²) in [5.41, 5.74) is 3.09. The first-order valence-electron chi connectivity index (χ1n) is 17.4. The highest BCUT2D eigenvalue weighted by atomic mass is 16.5. The molecule has 0 spiro atoms. The van der Waals surface area contributed by atoms with E-state index in [1.807, 2.05) is 0 Å². The van der Waals surface area contributed by atoms with Gasteiger partial charge in [-0.3, -0.25) is 4.90 Å². The highest BCUT2D eigenvalue weighted by Gasteiger charge is 2.35. The Kier molecular flexibility index (Phi) is 12.2. The van der Waals surface area contributed by atoms with Crippen molar-refractivity contribution in [2.45, 2.75) is 44.0 Å². The molecule has 2 saturated heterocycles. The van der Waals surface area contributed by atoms with E-state index >= 15 is 0 Å². The summed E-state index contributed by atoms with van der Waals surface area (Å²) in [6.45, 7) is 5.84. The van der Waals surface area contributed by atoms with Crippen molar-refractivity contribution < 1.29 is 34.0 Å². The lowest BCUT2D eigenvalue weighted by Crippen LogP contribution is -2.55. The van der Waals surface area contributed by atoms with Crippen molar-refractivity contribution >= 4 is 28.4 Å². The van der Waals surface area contributed by atoms with Crippen molar-refractivity contribution in [3.63, 3.8) is 0 Å². The minimum Gasteiger partial charge on any atom is -0.465 e. The van der Waals surface area contributed by atoms with Gasteiger partial charge in [-0.15, -0.1) is 0 Å². The van der Waals surface area contributed by atoms with E-state index in [0.29, 0.717) is 65.3 Å². The molecule has 3 aromatic rings. The Morgan fingerprint density at radius 1 is 0.960 bits per heavy atom. The second-order valence-electron chi connectivity index (χ2n) is 12.9. The smallest absolute Gasteiger partial charge is 0.407 e. The summed E-state index contributed by atoms with van der Waals surface area (Å²) in [7, 11) is 2.06. The minimum atomic E-state index is -1.01. The Balaban J connectivity index is 1.16. The number of nitriles is 1. The Hall–Kier alpha value is -4.26. The standard InChI is InChI=1S/C36H47N7O7/c1-40-23-29(49-20-19-48-18-17-47-16-15-44)21-28(40)25-50-35-38-32-24-41(33-8-4-6-26-5-2-3-7-30(26)33)12-10-31(32)34(39-35)42-13-14-43(36(45)46)27(22-42)9-11-37/h2-8,27-29,44H,9-10,12-25H2,1H3,(H,45,46)/t27?,28-,29+/m0/s1. The number of nitrogens with zero attached hydrogens (tertiary/aromatic N) is 7. The molecule has 14 nitrogen and oxygen atoms in total. The van der Waals surface area contributed by atoms with Crippen LogP contribution in [0.1, 0.15) is 24.1 Å². The predicted molar refractivity (Wildman–Crippen MR) is 187 cm³/mol. The number of rotatable bonds is 15. The Labute approximate surface area is 292 Å². The maximum atomic E-state index is 11.9. The van der Waals surface area contributed by atoms with Crippen LogP contribution in [-0.2, 0) is 27.2 Å². The molecule has 14 heteroatoms. The molecular formula is C36H47N7O7. The van der Waals surface area contributed by atoms with Gasteiger partial charge < -0.3 is 43.9 Å². The molecule has 268 valence electrons. The summed E-state index contributed by atoms with van der Waals surface area (Å²) in [5, 5.41) is 30.4. The Morgan fingerprint density at radius 3 is 2.58 bits per heavy atom. The zero-order chi connectivity index (χ0) is 34.9. The van der Waals surface area contributed by atoms with E-state index in [1.54, 1.807) is 0 Å². The van der Waals surface area contributed by atoms with Gasteiger partial charge >= 0.3 is 12.1 Å². The lowest BCUT2D eigenvalue weighted by molar-refractivity contribution is -0.0113. The lowest BCUT2D eigenvalue weighted by atomic mass is 10.0. The first-order chi connectivity index (χ1) is 24.4. The number of hydrogen-bond donors (Lipinski definition) is 2. The van der Waals surface area contributed by atoms with Crippen LogP contribution in [0.2, 0.25) is 0 Å². The number of ether oxygens (including phenoxy) is 4. The first kappa shape index (κ1) is 35.6. The third-order valence-corrected chi connectivity index (χ3v) is 9.73. The van der Waals surface area contributed by atoms with Crippen molar-refractivity contribution in [2.24, 2.45) is 0 Å². The van der Waals surface area contributed by atoms with Crippen molar-refractivity contribution in [1.29, 1.82) is 5.26 Å². The molecule has 1 aromatic heterocycles. The van der Waals surface area contributed by atoms with Crippen molar-refractivity contribution in [1.82, 2.24) is 19.8 Å². The molecule has 3 aliphatic rings. The predicted octanol–water partition coefficient (Wildman–Crippen LogP) is 2.77. The number of aliphatic hydroxyl groups excluding tert-OH is 1. The fraction of sp³-hybridized carbons (Fsp3) is 0.556. The summed E-state index contributed by atoms with van der Waals surface area (Å²) < 4.78 is 23.2. The highest BCUT2D eigenvalue weighted by molar-refractivity contribution is 5.94. The number of hydrogen-bond acceptors (Lipinski definition) is 12. The summed E-state index contributed by atoms with van der Waals surface area (Å²) in [5.74, 6) is 0.762. The normalized spacial score (nSPS) is 21.0. The van der Waals surface area contributed by atoms with Gasteiger partial charge in [-0.05, 0) is 31.3 Å². The number of benzene rings is 2. The third-order valence-electron chi connectivity index (χ3n) is 9.73. The van der Waals surface area contributed by atoms with Gasteiger partial charge in [0.2, 0.25) is 0 Å². The molecule has 3 atom stereocenters. The molecule has 0 radical (unpaired) electrons. The van der Waals surface area contributed by atoms with Gasteiger partial charge in [0, 0.05) is 55.4 Å². The van der Waals surface area contributed by atoms with Gasteiger partial charge in [-0.1, -0.05) is 36.4 Å². The quantitative estimate of drug-likeness (QED) is 0.225. The summed E-state index contributed by atoms with van der Waals surface area (Å²) in [6, 6.07) is 16.9. The highest BCUT2D eigenvalue weighted by Crippen LogP contribution is 2.35. The number of carboxylic acid groups (broad SMARTS) is 1. The lowest BCUT2D eigenvalue weighted by Gasteiger charge is -2.41. The molecule has 2 fully saturated rings. The molecule has 2 aromatic carbocycles. The van der Waals surface area contributed by atoms with Crippen LogP contribution in [0.15, 0.2) is 42.5 Å². The van der Waals surface area contributed by atoms with Crippen LogP contribution in [0.25, 0.3) is 10.8 Å². The van der Waals surface area contributed by atoms with Gasteiger partial charge in [0.05, 0.1) is 76.5 Å². The van der Waals surface area contributed by atoms with E-state index in [-0.39, 0.29) is 31.7 Å². The van der Waals surface area contributed by atoms with E-state index in [0.717, 1.165) is 48.7 Å². The number of piperazine rings is 1. The fourth-order valence-electron chi connectivity index (χ4n) is 7.16. The van der Waals surface area contributed by atoms with Crippen molar-refractivity contribution in [3.05, 3.63) is 53.7 Å². The molecular weight excluding hydrogens is 642 g/mol. The van der Waals surface area contributed by atoms with Crippen LogP contribution in [0, 0.1) is 11.3 Å². The topological polar surface area (TPSA) is 157 Å². The monoisotopic (exact) mass is 689 g/mol. The molecule has 0 aliphatic carbocycles. The Morgan fingerprint density at radius 2 is 1.76 bits per heavy atom. The number of carbonyl (C=O) groups is 1. The van der Waals surface area contributed by atoms with E-state index < -0.39 is 12.1 Å². The van der Waals surface area contributed by atoms with Gasteiger partial charge in [0.25, 0.3) is 0 Å². The maximum Gasteiger partial charge on any atom is 0.407 e. The molecule has 6 rings (SSSR count). The van der Waals surface area contributed by atoms with Crippen molar-refractivity contribution in [2.75, 3.05) is 95.8 Å². The zero-order valence-corrected chi connectivity index (χ0v) is 28.7. The van der Waals surface area contributed by atoms with Crippen LogP contribution in [0.4, 0.5) is 16.3 Å². The van der Waals surface area contributed by atoms with Crippen LogP contribution >= 0.6 is 0 Å². The maximum absolute atomic E-state index is 11.9. The summed E-state index contributed by atoms with van der Waals surface area (Å²) in [4.78, 5) is 29.9. The number of aromatic nitrogens is 2. The number of likely N-dealkylation sites (N-methyl/N-ethyl adjacent to an activating group) is 1. The average Bonchev–Trinajstić information content (AvgIpc) is 3.49. The second kappa shape index (κ2) is 17.1. The molecule has 0 bridgehead atoms. The van der Waals surface area contributed by atoms with Gasteiger partial charge in [0.1, 0.15) is 12.4 Å². The number of fused-ring (bicyclic) bond motifs is 2. The molecule has 0 saturated carbocycles. The van der Waals surface area contributed by atoms with E-state index in [2.05, 4.69) is 70.3 Å². The molecule has 1 unspecified atom stereocenters. The number of likely N-dealkylation sites (tertiary alicyclic amines) is 1. The first-order valence-corrected chi connectivity index (χ1v) is 17.4. The summed E-state index contributed by atoms with van der Waals surface area (Å²) >= 11 is 0. The second-order valence-corrected chi connectivity index (χ2v) is 12.9. The van der Waals surface area contributed by atoms with E-state index in [9.17, 15) is 15.2 Å². The SMILES string of the molecule is CN1C[C@H](OCCOCCOCCO)C[C@H]1COc1nc2c(c(N3CCN(C(=O)O)C(CC#N)C3)n1)CCN(c1cccc3ccccc13)C2. The molecule has 2 N–H and O–H groups in total. The van der Waals surface area contributed by atoms with E-state index in [4.69, 9.17) is 34.0 Å². The zero-order valence-electron chi connectivity index (χ0n) is 28.7. The summed E-state index contributed by atoms with van der Waals surface area (Å²) in [6.07, 6.45) is 0.676. The molecule has 4 heterocycles. The fourth-order valence-corrected chi connectivity index (χ4v) is 7.16. The third kappa shape index (κ3) is 8.54. The Bertz CT molecular complexity index is 1630. The van der Waals surface area contributed by atoms with Crippen molar-refractivity contribution in [3.8, 4) is 12.1 Å². The van der Waals surface area contributed by atoms with Gasteiger partial charge in [0.15, 0.2) is 0 Å². The number of amides is 1. The van der Waals surface area contributed by atoms with Gasteiger partial charge in [-0.2, -0.15) is 15.2 Å². The molecule has 50 heavy (non-hydrogen) atoms. The number of aliphatic hydroxyl groups is 1.